The van der Waals surface area contributed by atoms with Crippen molar-refractivity contribution >= 4 is 32.8 Å². The normalized spacial score (nSPS) is 19.1. The van der Waals surface area contributed by atoms with Crippen LogP contribution in [0.1, 0.15) is 23.4 Å². The van der Waals surface area contributed by atoms with Crippen LogP contribution in [0.5, 0.6) is 0 Å². The van der Waals surface area contributed by atoms with E-state index in [1.807, 2.05) is 36.2 Å². The summed E-state index contributed by atoms with van der Waals surface area (Å²) in [5.41, 5.74) is 0.755. The number of rotatable bonds is 3. The van der Waals surface area contributed by atoms with Crippen LogP contribution in [0.3, 0.4) is 0 Å². The Bertz CT molecular complexity index is 651. The topological polar surface area (TPSA) is 45.5 Å². The lowest BCUT2D eigenvalue weighted by atomic mass is 9.98. The van der Waals surface area contributed by atoms with Crippen molar-refractivity contribution in [2.24, 2.45) is 5.92 Å². The minimum atomic E-state index is 0.00289. The third kappa shape index (κ3) is 3.14. The van der Waals surface area contributed by atoms with E-state index in [-0.39, 0.29) is 5.91 Å². The molecule has 5 heteroatoms. The van der Waals surface area contributed by atoms with Crippen LogP contribution in [-0.4, -0.2) is 37.5 Å². The number of furan rings is 1. The molecule has 2 heterocycles. The smallest absolute Gasteiger partial charge is 0.289 e. The lowest BCUT2D eigenvalue weighted by Crippen LogP contribution is -2.42. The first-order valence-corrected chi connectivity index (χ1v) is 8.09. The maximum atomic E-state index is 12.6. The van der Waals surface area contributed by atoms with E-state index in [1.165, 1.54) is 6.42 Å². The summed E-state index contributed by atoms with van der Waals surface area (Å²) in [5.74, 6) is 0.975. The Balaban J connectivity index is 1.79. The van der Waals surface area contributed by atoms with Crippen LogP contribution in [0.4, 0.5) is 0 Å². The summed E-state index contributed by atoms with van der Waals surface area (Å²) in [6.07, 6.45) is 2.24. The number of nitrogens with zero attached hydrogens (tertiary/aromatic N) is 1. The summed E-state index contributed by atoms with van der Waals surface area (Å²) in [6, 6.07) is 7.61. The number of halogens is 1. The number of hydrogen-bond acceptors (Lipinski definition) is 3. The highest BCUT2D eigenvalue weighted by atomic mass is 79.9. The molecule has 4 nitrogen and oxygen atoms in total. The fraction of sp³-hybridized carbons (Fsp3) is 0.438. The van der Waals surface area contributed by atoms with Crippen molar-refractivity contribution in [2.75, 3.05) is 26.7 Å². The summed E-state index contributed by atoms with van der Waals surface area (Å²) >= 11 is 3.44. The van der Waals surface area contributed by atoms with Gasteiger partial charge in [0, 0.05) is 22.9 Å². The SMILES string of the molecule is CNCC1CCCN(C(=O)c2cc3cc(Br)ccc3o2)C1. The van der Waals surface area contributed by atoms with Crippen LogP contribution in [-0.2, 0) is 0 Å². The number of piperidine rings is 1. The molecule has 0 saturated carbocycles. The Hall–Kier alpha value is -1.33. The molecule has 112 valence electrons. The van der Waals surface area contributed by atoms with Crippen molar-refractivity contribution in [3.63, 3.8) is 0 Å². The largest absolute Gasteiger partial charge is 0.451 e. The molecule has 1 fully saturated rings. The molecule has 1 saturated heterocycles. The number of likely N-dealkylation sites (tertiary alicyclic amines) is 1. The minimum absolute atomic E-state index is 0.00289. The van der Waals surface area contributed by atoms with Crippen LogP contribution < -0.4 is 5.32 Å². The van der Waals surface area contributed by atoms with Gasteiger partial charge in [-0.3, -0.25) is 4.79 Å². The Labute approximate surface area is 132 Å². The first kappa shape index (κ1) is 14.6. The molecule has 1 unspecified atom stereocenters. The highest BCUT2D eigenvalue weighted by Crippen LogP contribution is 2.25. The number of nitrogens with one attached hydrogen (secondary N) is 1. The Morgan fingerprint density at radius 1 is 1.48 bits per heavy atom. The maximum Gasteiger partial charge on any atom is 0.289 e. The molecule has 1 N–H and O–H groups in total. The lowest BCUT2D eigenvalue weighted by molar-refractivity contribution is 0.0644. The quantitative estimate of drug-likeness (QED) is 0.923. The van der Waals surface area contributed by atoms with Crippen molar-refractivity contribution < 1.29 is 9.21 Å². The van der Waals surface area contributed by atoms with Gasteiger partial charge in [0.25, 0.3) is 5.91 Å². The molecule has 0 radical (unpaired) electrons. The molecule has 2 aromatic rings. The average molecular weight is 351 g/mol. The van der Waals surface area contributed by atoms with Gasteiger partial charge in [-0.25, -0.2) is 0 Å². The van der Waals surface area contributed by atoms with Gasteiger partial charge in [0.05, 0.1) is 0 Å². The minimum Gasteiger partial charge on any atom is -0.451 e. The second-order valence-electron chi connectivity index (χ2n) is 5.61. The molecular weight excluding hydrogens is 332 g/mol. The molecule has 0 aliphatic carbocycles. The van der Waals surface area contributed by atoms with Crippen LogP contribution in [0.15, 0.2) is 33.2 Å². The van der Waals surface area contributed by atoms with Gasteiger partial charge in [-0.2, -0.15) is 0 Å². The first-order chi connectivity index (χ1) is 10.2. The summed E-state index contributed by atoms with van der Waals surface area (Å²) in [6.45, 7) is 2.58. The Kier molecular flexibility index (Phi) is 4.31. The van der Waals surface area contributed by atoms with Gasteiger partial charge in [-0.05, 0) is 56.6 Å². The highest BCUT2D eigenvalue weighted by molar-refractivity contribution is 9.10. The number of benzene rings is 1. The second kappa shape index (κ2) is 6.20. The van der Waals surface area contributed by atoms with E-state index in [0.29, 0.717) is 11.7 Å². The summed E-state index contributed by atoms with van der Waals surface area (Å²) in [5, 5.41) is 4.15. The number of fused-ring (bicyclic) bond motifs is 1. The first-order valence-electron chi connectivity index (χ1n) is 7.30. The van der Waals surface area contributed by atoms with Crippen LogP contribution >= 0.6 is 15.9 Å². The van der Waals surface area contributed by atoms with E-state index in [1.54, 1.807) is 0 Å². The van der Waals surface area contributed by atoms with Gasteiger partial charge in [0.2, 0.25) is 0 Å². The van der Waals surface area contributed by atoms with Gasteiger partial charge in [0.15, 0.2) is 5.76 Å². The van der Waals surface area contributed by atoms with E-state index in [9.17, 15) is 4.79 Å². The second-order valence-corrected chi connectivity index (χ2v) is 6.53. The van der Waals surface area contributed by atoms with Crippen molar-refractivity contribution in [1.82, 2.24) is 10.2 Å². The van der Waals surface area contributed by atoms with Crippen molar-refractivity contribution in [3.8, 4) is 0 Å². The molecular formula is C16H19BrN2O2. The molecule has 1 amide bonds. The van der Waals surface area contributed by atoms with E-state index in [0.717, 1.165) is 41.5 Å². The fourth-order valence-corrected chi connectivity index (χ4v) is 3.36. The maximum absolute atomic E-state index is 12.6. The average Bonchev–Trinajstić information content (AvgIpc) is 2.90. The van der Waals surface area contributed by atoms with Crippen molar-refractivity contribution in [1.29, 1.82) is 0 Å². The standard InChI is InChI=1S/C16H19BrN2O2/c1-18-9-11-3-2-6-19(10-11)16(20)15-8-12-7-13(17)4-5-14(12)21-15/h4-5,7-8,11,18H,2-3,6,9-10H2,1H3. The van der Waals surface area contributed by atoms with Crippen molar-refractivity contribution in [2.45, 2.75) is 12.8 Å². The zero-order chi connectivity index (χ0) is 14.8. The summed E-state index contributed by atoms with van der Waals surface area (Å²) in [7, 11) is 1.96. The number of carbonyl (C=O) groups is 1. The predicted molar refractivity (Wildman–Crippen MR) is 86.5 cm³/mol. The molecule has 1 aliphatic rings. The van der Waals surface area contributed by atoms with Gasteiger partial charge in [-0.15, -0.1) is 0 Å². The number of hydrogen-bond donors (Lipinski definition) is 1. The van der Waals surface area contributed by atoms with Crippen LogP contribution in [0.2, 0.25) is 0 Å². The zero-order valence-corrected chi connectivity index (χ0v) is 13.6. The van der Waals surface area contributed by atoms with E-state index in [4.69, 9.17) is 4.42 Å². The molecule has 1 aromatic heterocycles. The monoisotopic (exact) mass is 350 g/mol. The molecule has 21 heavy (non-hydrogen) atoms. The van der Waals surface area contributed by atoms with E-state index < -0.39 is 0 Å². The number of amides is 1. The molecule has 3 rings (SSSR count). The molecule has 1 aromatic carbocycles. The lowest BCUT2D eigenvalue weighted by Gasteiger charge is -2.32. The van der Waals surface area contributed by atoms with E-state index >= 15 is 0 Å². The van der Waals surface area contributed by atoms with Gasteiger partial charge in [-0.1, -0.05) is 15.9 Å². The molecule has 0 bridgehead atoms. The Morgan fingerprint density at radius 2 is 2.33 bits per heavy atom. The predicted octanol–water partition coefficient (Wildman–Crippen LogP) is 3.27. The third-order valence-corrected chi connectivity index (χ3v) is 4.48. The fourth-order valence-electron chi connectivity index (χ4n) is 2.98. The molecule has 1 aliphatic heterocycles. The summed E-state index contributed by atoms with van der Waals surface area (Å²) in [4.78, 5) is 14.5. The van der Waals surface area contributed by atoms with Gasteiger partial charge >= 0.3 is 0 Å². The van der Waals surface area contributed by atoms with Gasteiger partial charge < -0.3 is 14.6 Å². The van der Waals surface area contributed by atoms with Crippen molar-refractivity contribution in [3.05, 3.63) is 34.5 Å². The molecule has 1 atom stereocenters. The van der Waals surface area contributed by atoms with E-state index in [2.05, 4.69) is 21.2 Å². The highest BCUT2D eigenvalue weighted by Gasteiger charge is 2.26. The Morgan fingerprint density at radius 3 is 3.14 bits per heavy atom. The molecule has 0 spiro atoms. The third-order valence-electron chi connectivity index (χ3n) is 3.99. The van der Waals surface area contributed by atoms with Crippen LogP contribution in [0, 0.1) is 5.92 Å². The zero-order valence-electron chi connectivity index (χ0n) is 12.1. The number of carbonyl (C=O) groups excluding carboxylic acids is 1. The summed E-state index contributed by atoms with van der Waals surface area (Å²) < 4.78 is 6.69. The van der Waals surface area contributed by atoms with Crippen LogP contribution in [0.25, 0.3) is 11.0 Å². The van der Waals surface area contributed by atoms with Gasteiger partial charge in [0.1, 0.15) is 5.58 Å².